The zero-order valence-electron chi connectivity index (χ0n) is 18.4. The molecule has 1 amide bonds. The molecule has 1 atom stereocenters. The molecule has 1 N–H and O–H groups in total. The molecule has 0 saturated heterocycles. The summed E-state index contributed by atoms with van der Waals surface area (Å²) in [4.78, 5) is 28.9. The third-order valence-corrected chi connectivity index (χ3v) is 4.46. The molecule has 0 aromatic carbocycles. The first-order chi connectivity index (χ1) is 13.0. The number of amides is 1. The second kappa shape index (κ2) is 17.0. The Labute approximate surface area is 167 Å². The van der Waals surface area contributed by atoms with Crippen molar-refractivity contribution in [3.63, 3.8) is 0 Å². The number of rotatable bonds is 17. The van der Waals surface area contributed by atoms with E-state index in [9.17, 15) is 9.59 Å². The highest BCUT2D eigenvalue weighted by Crippen LogP contribution is 2.11. The monoisotopic (exact) mass is 385 g/mol. The number of carbonyl (C=O) groups excluding carboxylic acids is 2. The van der Waals surface area contributed by atoms with Crippen LogP contribution < -0.4 is 5.32 Å². The smallest absolute Gasteiger partial charge is 0.307 e. The average molecular weight is 386 g/mol. The van der Waals surface area contributed by atoms with E-state index < -0.39 is 0 Å². The molecule has 160 valence electrons. The van der Waals surface area contributed by atoms with Crippen LogP contribution in [0.2, 0.25) is 0 Å². The quantitative estimate of drug-likeness (QED) is 0.390. The maximum atomic E-state index is 12.5. The van der Waals surface area contributed by atoms with Crippen molar-refractivity contribution in [3.8, 4) is 0 Å². The molecule has 6 nitrogen and oxygen atoms in total. The van der Waals surface area contributed by atoms with Crippen LogP contribution in [-0.2, 0) is 14.3 Å². The van der Waals surface area contributed by atoms with Crippen LogP contribution in [0.1, 0.15) is 73.1 Å². The first kappa shape index (κ1) is 25.9. The molecule has 0 heterocycles. The molecule has 0 aliphatic rings. The molecule has 0 spiro atoms. The van der Waals surface area contributed by atoms with Gasteiger partial charge in [-0.1, -0.05) is 27.7 Å². The van der Waals surface area contributed by atoms with Crippen LogP contribution in [0.25, 0.3) is 0 Å². The lowest BCUT2D eigenvalue weighted by atomic mass is 10.1. The molecule has 0 aromatic heterocycles. The minimum Gasteiger partial charge on any atom is -0.466 e. The van der Waals surface area contributed by atoms with Gasteiger partial charge in [-0.25, -0.2) is 0 Å². The van der Waals surface area contributed by atoms with E-state index >= 15 is 0 Å². The fourth-order valence-electron chi connectivity index (χ4n) is 3.41. The van der Waals surface area contributed by atoms with E-state index in [0.717, 1.165) is 58.4 Å². The number of esters is 1. The third-order valence-electron chi connectivity index (χ3n) is 4.46. The summed E-state index contributed by atoms with van der Waals surface area (Å²) in [7, 11) is 0. The van der Waals surface area contributed by atoms with Crippen LogP contribution in [-0.4, -0.2) is 73.6 Å². The predicted octanol–water partition coefficient (Wildman–Crippen LogP) is 3.06. The zero-order chi connectivity index (χ0) is 20.5. The lowest BCUT2D eigenvalue weighted by Gasteiger charge is -2.35. The first-order valence-corrected chi connectivity index (χ1v) is 10.9. The summed E-state index contributed by atoms with van der Waals surface area (Å²) in [5.41, 5.74) is 0. The van der Waals surface area contributed by atoms with Crippen LogP contribution in [0.4, 0.5) is 0 Å². The number of carbonyl (C=O) groups is 2. The molecule has 27 heavy (non-hydrogen) atoms. The Morgan fingerprint density at radius 3 is 1.93 bits per heavy atom. The van der Waals surface area contributed by atoms with E-state index in [1.165, 1.54) is 0 Å². The summed E-state index contributed by atoms with van der Waals surface area (Å²) in [6.45, 7) is 16.4. The van der Waals surface area contributed by atoms with Gasteiger partial charge in [-0.05, 0) is 58.8 Å². The molecule has 0 aliphatic heterocycles. The van der Waals surface area contributed by atoms with Crippen LogP contribution in [0.3, 0.4) is 0 Å². The summed E-state index contributed by atoms with van der Waals surface area (Å²) in [5.74, 6) is -0.237. The summed E-state index contributed by atoms with van der Waals surface area (Å²) in [6, 6.07) is 0.214. The first-order valence-electron chi connectivity index (χ1n) is 10.9. The molecule has 1 unspecified atom stereocenters. The molecule has 0 bridgehead atoms. The molecule has 0 aliphatic carbocycles. The van der Waals surface area contributed by atoms with Crippen molar-refractivity contribution in [1.29, 1.82) is 0 Å². The second-order valence-corrected chi connectivity index (χ2v) is 7.10. The number of ether oxygens (including phenoxy) is 1. The van der Waals surface area contributed by atoms with Crippen molar-refractivity contribution in [2.45, 2.75) is 79.2 Å². The van der Waals surface area contributed by atoms with Gasteiger partial charge in [-0.15, -0.1) is 0 Å². The molecule has 0 rings (SSSR count). The summed E-state index contributed by atoms with van der Waals surface area (Å²) >= 11 is 0. The average Bonchev–Trinajstić information content (AvgIpc) is 2.61. The van der Waals surface area contributed by atoms with Crippen molar-refractivity contribution < 1.29 is 14.3 Å². The molecule has 0 radical (unpaired) electrons. The second-order valence-electron chi connectivity index (χ2n) is 7.10. The van der Waals surface area contributed by atoms with Gasteiger partial charge < -0.3 is 15.0 Å². The van der Waals surface area contributed by atoms with E-state index in [1.807, 2.05) is 0 Å². The van der Waals surface area contributed by atoms with E-state index in [-0.39, 0.29) is 24.3 Å². The summed E-state index contributed by atoms with van der Waals surface area (Å²) in [5, 5.41) is 2.89. The van der Waals surface area contributed by atoms with Gasteiger partial charge in [0.05, 0.1) is 13.0 Å². The van der Waals surface area contributed by atoms with E-state index in [0.29, 0.717) is 19.6 Å². The van der Waals surface area contributed by atoms with Crippen molar-refractivity contribution in [1.82, 2.24) is 15.1 Å². The van der Waals surface area contributed by atoms with E-state index in [4.69, 9.17) is 4.74 Å². The fourth-order valence-corrected chi connectivity index (χ4v) is 3.41. The number of nitrogens with zero attached hydrogens (tertiary/aromatic N) is 2. The Morgan fingerprint density at radius 1 is 0.889 bits per heavy atom. The number of hydrogen-bond acceptors (Lipinski definition) is 5. The summed E-state index contributed by atoms with van der Waals surface area (Å²) in [6.07, 6.45) is 5.13. The Bertz CT molecular complexity index is 379. The van der Waals surface area contributed by atoms with Crippen molar-refractivity contribution >= 4 is 11.9 Å². The van der Waals surface area contributed by atoms with Gasteiger partial charge in [0.1, 0.15) is 0 Å². The van der Waals surface area contributed by atoms with Gasteiger partial charge in [-0.3, -0.25) is 14.5 Å². The van der Waals surface area contributed by atoms with Crippen LogP contribution >= 0.6 is 0 Å². The maximum Gasteiger partial charge on any atom is 0.307 e. The molecule has 0 saturated carbocycles. The highest BCUT2D eigenvalue weighted by Gasteiger charge is 2.23. The van der Waals surface area contributed by atoms with Gasteiger partial charge >= 0.3 is 5.97 Å². The highest BCUT2D eigenvalue weighted by molar-refractivity contribution is 5.77. The van der Waals surface area contributed by atoms with Gasteiger partial charge in [0, 0.05) is 25.6 Å². The van der Waals surface area contributed by atoms with Gasteiger partial charge in [-0.2, -0.15) is 0 Å². The Morgan fingerprint density at radius 2 is 1.44 bits per heavy atom. The van der Waals surface area contributed by atoms with Gasteiger partial charge in [0.2, 0.25) is 5.91 Å². The lowest BCUT2D eigenvalue weighted by molar-refractivity contribution is -0.143. The number of nitrogens with one attached hydrogen (secondary N) is 1. The van der Waals surface area contributed by atoms with Gasteiger partial charge in [0.25, 0.3) is 0 Å². The Balaban J connectivity index is 4.83. The molecule has 0 fully saturated rings. The molecular weight excluding hydrogens is 342 g/mol. The molecule has 6 heteroatoms. The normalized spacial score (nSPS) is 12.4. The minimum absolute atomic E-state index is 0.0226. The maximum absolute atomic E-state index is 12.5. The largest absolute Gasteiger partial charge is 0.466 e. The Hall–Kier alpha value is -1.14. The summed E-state index contributed by atoms with van der Waals surface area (Å²) < 4.78 is 4.91. The van der Waals surface area contributed by atoms with Crippen LogP contribution in [0.5, 0.6) is 0 Å². The van der Waals surface area contributed by atoms with Gasteiger partial charge in [0.15, 0.2) is 0 Å². The Kier molecular flexibility index (Phi) is 16.3. The fraction of sp³-hybridized carbons (Fsp3) is 0.905. The van der Waals surface area contributed by atoms with Crippen LogP contribution in [0, 0.1) is 0 Å². The number of hydrogen-bond donors (Lipinski definition) is 1. The predicted molar refractivity (Wildman–Crippen MR) is 112 cm³/mol. The molecular formula is C21H43N3O3. The van der Waals surface area contributed by atoms with Crippen molar-refractivity contribution in [2.75, 3.05) is 45.9 Å². The van der Waals surface area contributed by atoms with Crippen LogP contribution in [0.15, 0.2) is 0 Å². The highest BCUT2D eigenvalue weighted by atomic mass is 16.5. The standard InChI is InChI=1S/C21H43N3O3/c1-6-13-23(14-7-2)18-19(24(15-8-3)16-9-4)17-20(25)22-12-11-21(26)27-10-5/h19H,6-18H2,1-5H3,(H,22,25). The zero-order valence-corrected chi connectivity index (χ0v) is 18.4. The SMILES string of the molecule is CCCN(CCC)CC(CC(=O)NCCC(=O)OCC)N(CCC)CCC. The van der Waals surface area contributed by atoms with Crippen molar-refractivity contribution in [2.24, 2.45) is 0 Å². The third kappa shape index (κ3) is 12.8. The van der Waals surface area contributed by atoms with E-state index in [2.05, 4.69) is 42.8 Å². The molecule has 0 aromatic rings. The topological polar surface area (TPSA) is 61.9 Å². The minimum atomic E-state index is -0.259. The van der Waals surface area contributed by atoms with Crippen molar-refractivity contribution in [3.05, 3.63) is 0 Å². The lowest BCUT2D eigenvalue weighted by Crippen LogP contribution is -2.47. The van der Waals surface area contributed by atoms with E-state index in [1.54, 1.807) is 6.92 Å².